The van der Waals surface area contributed by atoms with Crippen LogP contribution in [-0.2, 0) is 17.8 Å². The lowest BCUT2D eigenvalue weighted by molar-refractivity contribution is 0.0195. The molecule has 0 bridgehead atoms. The van der Waals surface area contributed by atoms with E-state index in [0.29, 0.717) is 12.6 Å². The second-order valence-corrected chi connectivity index (χ2v) is 7.39. The van der Waals surface area contributed by atoms with Crippen molar-refractivity contribution in [1.82, 2.24) is 24.7 Å². The third-order valence-electron chi connectivity index (χ3n) is 5.64. The Morgan fingerprint density at radius 1 is 1.21 bits per heavy atom. The molecule has 28 heavy (non-hydrogen) atoms. The Hall–Kier alpha value is -2.38. The maximum Gasteiger partial charge on any atom is 0.194 e. The van der Waals surface area contributed by atoms with Crippen molar-refractivity contribution in [1.29, 1.82) is 0 Å². The van der Waals surface area contributed by atoms with Crippen molar-refractivity contribution < 1.29 is 4.74 Å². The lowest BCUT2D eigenvalue weighted by Crippen LogP contribution is -2.46. The molecular formula is C21H30N6O. The second-order valence-electron chi connectivity index (χ2n) is 7.39. The number of benzene rings is 1. The van der Waals surface area contributed by atoms with Crippen LogP contribution in [0.25, 0.3) is 0 Å². The first-order valence-electron chi connectivity index (χ1n) is 10.1. The Bertz CT molecular complexity index is 768. The summed E-state index contributed by atoms with van der Waals surface area (Å²) in [7, 11) is 1.86. The first-order valence-corrected chi connectivity index (χ1v) is 10.1. The summed E-state index contributed by atoms with van der Waals surface area (Å²) in [5, 5.41) is 3.51. The summed E-state index contributed by atoms with van der Waals surface area (Å²) >= 11 is 0. The monoisotopic (exact) mass is 382 g/mol. The lowest BCUT2D eigenvalue weighted by Gasteiger charge is -2.32. The van der Waals surface area contributed by atoms with Crippen molar-refractivity contribution in [2.75, 3.05) is 46.4 Å². The number of guanidine groups is 1. The van der Waals surface area contributed by atoms with Gasteiger partial charge in [0.15, 0.2) is 5.96 Å². The molecule has 0 aliphatic carbocycles. The summed E-state index contributed by atoms with van der Waals surface area (Å²) in [5.41, 5.74) is 1.28. The van der Waals surface area contributed by atoms with Gasteiger partial charge in [-0.3, -0.25) is 9.89 Å². The van der Waals surface area contributed by atoms with Crippen LogP contribution in [0.4, 0.5) is 0 Å². The predicted octanol–water partition coefficient (Wildman–Crippen LogP) is 1.41. The average Bonchev–Trinajstić information content (AvgIpc) is 3.40. The molecule has 1 aromatic carbocycles. The van der Waals surface area contributed by atoms with E-state index in [2.05, 4.69) is 53.9 Å². The summed E-state index contributed by atoms with van der Waals surface area (Å²) in [4.78, 5) is 14.0. The van der Waals surface area contributed by atoms with Crippen LogP contribution < -0.4 is 5.32 Å². The highest BCUT2D eigenvalue weighted by molar-refractivity contribution is 5.80. The van der Waals surface area contributed by atoms with Crippen molar-refractivity contribution in [3.05, 3.63) is 54.1 Å². The number of nitrogens with zero attached hydrogens (tertiary/aromatic N) is 5. The average molecular weight is 383 g/mol. The van der Waals surface area contributed by atoms with Crippen molar-refractivity contribution in [3.8, 4) is 0 Å². The SMILES string of the molecule is CN=C(NCc1nccn1Cc1ccccc1)N1CCC(N2CCOCC2)C1. The number of imidazole rings is 1. The minimum atomic E-state index is 0.600. The highest BCUT2D eigenvalue weighted by Crippen LogP contribution is 2.17. The third kappa shape index (κ3) is 4.54. The Balaban J connectivity index is 1.32. The van der Waals surface area contributed by atoms with E-state index in [4.69, 9.17) is 4.74 Å². The van der Waals surface area contributed by atoms with Crippen molar-refractivity contribution >= 4 is 5.96 Å². The van der Waals surface area contributed by atoms with Gasteiger partial charge in [0.2, 0.25) is 0 Å². The molecule has 1 aromatic heterocycles. The molecule has 2 aliphatic rings. The van der Waals surface area contributed by atoms with E-state index in [9.17, 15) is 0 Å². The molecular weight excluding hydrogens is 352 g/mol. The van der Waals surface area contributed by atoms with Crippen LogP contribution in [0.2, 0.25) is 0 Å². The molecule has 1 N–H and O–H groups in total. The van der Waals surface area contributed by atoms with Crippen molar-refractivity contribution in [3.63, 3.8) is 0 Å². The van der Waals surface area contributed by atoms with E-state index in [1.807, 2.05) is 25.5 Å². The van der Waals surface area contributed by atoms with Crippen LogP contribution in [0.3, 0.4) is 0 Å². The molecule has 0 amide bonds. The van der Waals surface area contributed by atoms with Crippen LogP contribution in [0.15, 0.2) is 47.7 Å². The molecule has 0 saturated carbocycles. The van der Waals surface area contributed by atoms with Gasteiger partial charge in [-0.2, -0.15) is 0 Å². The topological polar surface area (TPSA) is 57.9 Å². The van der Waals surface area contributed by atoms with E-state index in [-0.39, 0.29) is 0 Å². The van der Waals surface area contributed by atoms with Crippen LogP contribution >= 0.6 is 0 Å². The van der Waals surface area contributed by atoms with Gasteiger partial charge in [0.1, 0.15) is 5.82 Å². The van der Waals surface area contributed by atoms with Gasteiger partial charge in [-0.1, -0.05) is 30.3 Å². The number of ether oxygens (including phenoxy) is 1. The Labute approximate surface area is 167 Å². The highest BCUT2D eigenvalue weighted by atomic mass is 16.5. The van der Waals surface area contributed by atoms with E-state index >= 15 is 0 Å². The van der Waals surface area contributed by atoms with E-state index in [1.165, 1.54) is 12.0 Å². The molecule has 2 aliphatic heterocycles. The zero-order valence-electron chi connectivity index (χ0n) is 16.6. The minimum absolute atomic E-state index is 0.600. The summed E-state index contributed by atoms with van der Waals surface area (Å²) in [6.07, 6.45) is 5.09. The standard InChI is InChI=1S/C21H30N6O/c1-22-21(27-9-7-19(17-27)25-11-13-28-14-12-25)24-15-20-23-8-10-26(20)16-18-5-3-2-4-6-18/h2-6,8,10,19H,7,9,11-17H2,1H3,(H,22,24). The van der Waals surface area contributed by atoms with E-state index in [1.54, 1.807) is 0 Å². The fraction of sp³-hybridized carbons (Fsp3) is 0.524. The maximum absolute atomic E-state index is 5.49. The lowest BCUT2D eigenvalue weighted by atomic mass is 10.2. The molecule has 1 unspecified atom stereocenters. The normalized spacial score (nSPS) is 21.2. The molecule has 0 spiro atoms. The Morgan fingerprint density at radius 3 is 2.82 bits per heavy atom. The zero-order chi connectivity index (χ0) is 19.2. The molecule has 7 heteroatoms. The van der Waals surface area contributed by atoms with Gasteiger partial charge in [0.25, 0.3) is 0 Å². The summed E-state index contributed by atoms with van der Waals surface area (Å²) in [6.45, 7) is 7.37. The number of hydrogen-bond donors (Lipinski definition) is 1. The van der Waals surface area contributed by atoms with Gasteiger partial charge < -0.3 is 19.5 Å². The molecule has 3 heterocycles. The van der Waals surface area contributed by atoms with Crippen LogP contribution in [-0.4, -0.2) is 77.8 Å². The Kier molecular flexibility index (Phi) is 6.24. The largest absolute Gasteiger partial charge is 0.379 e. The van der Waals surface area contributed by atoms with E-state index in [0.717, 1.165) is 57.7 Å². The first kappa shape index (κ1) is 19.0. The second kappa shape index (κ2) is 9.21. The summed E-state index contributed by atoms with van der Waals surface area (Å²) < 4.78 is 7.68. The molecule has 7 nitrogen and oxygen atoms in total. The van der Waals surface area contributed by atoms with Gasteiger partial charge in [-0.15, -0.1) is 0 Å². The zero-order valence-corrected chi connectivity index (χ0v) is 16.6. The number of rotatable bonds is 5. The van der Waals surface area contributed by atoms with Gasteiger partial charge in [0.05, 0.1) is 19.8 Å². The number of aromatic nitrogens is 2. The van der Waals surface area contributed by atoms with Gasteiger partial charge >= 0.3 is 0 Å². The van der Waals surface area contributed by atoms with Gasteiger partial charge in [0, 0.05) is 58.2 Å². The molecule has 4 rings (SSSR count). The predicted molar refractivity (Wildman–Crippen MR) is 110 cm³/mol. The fourth-order valence-corrected chi connectivity index (χ4v) is 4.10. The molecule has 2 aromatic rings. The van der Waals surface area contributed by atoms with Crippen molar-refractivity contribution in [2.45, 2.75) is 25.6 Å². The molecule has 0 radical (unpaired) electrons. The molecule has 2 fully saturated rings. The van der Waals surface area contributed by atoms with Gasteiger partial charge in [-0.05, 0) is 12.0 Å². The number of morpholine rings is 1. The van der Waals surface area contributed by atoms with Crippen LogP contribution in [0, 0.1) is 0 Å². The number of likely N-dealkylation sites (tertiary alicyclic amines) is 1. The fourth-order valence-electron chi connectivity index (χ4n) is 4.10. The van der Waals surface area contributed by atoms with E-state index < -0.39 is 0 Å². The number of aliphatic imine (C=N–C) groups is 1. The first-order chi connectivity index (χ1) is 13.8. The van der Waals surface area contributed by atoms with Crippen LogP contribution in [0.1, 0.15) is 17.8 Å². The smallest absolute Gasteiger partial charge is 0.194 e. The molecule has 2 saturated heterocycles. The number of hydrogen-bond acceptors (Lipinski definition) is 4. The Morgan fingerprint density at radius 2 is 2.04 bits per heavy atom. The quantitative estimate of drug-likeness (QED) is 0.626. The third-order valence-corrected chi connectivity index (χ3v) is 5.64. The minimum Gasteiger partial charge on any atom is -0.379 e. The maximum atomic E-state index is 5.49. The summed E-state index contributed by atoms with van der Waals surface area (Å²) in [5.74, 6) is 1.99. The van der Waals surface area contributed by atoms with Crippen LogP contribution in [0.5, 0.6) is 0 Å². The summed E-state index contributed by atoms with van der Waals surface area (Å²) in [6, 6.07) is 11.1. The number of nitrogens with one attached hydrogen (secondary N) is 1. The van der Waals surface area contributed by atoms with Gasteiger partial charge in [-0.25, -0.2) is 4.98 Å². The molecule has 1 atom stereocenters. The highest BCUT2D eigenvalue weighted by Gasteiger charge is 2.30. The molecule has 150 valence electrons. The van der Waals surface area contributed by atoms with Crippen molar-refractivity contribution in [2.24, 2.45) is 4.99 Å².